The van der Waals surface area contributed by atoms with E-state index in [0.717, 1.165) is 28.4 Å². The Balaban J connectivity index is 1.54. The Morgan fingerprint density at radius 1 is 1.32 bits per heavy atom. The van der Waals surface area contributed by atoms with Crippen LogP contribution in [0, 0.1) is 19.7 Å². The molecule has 0 aliphatic rings. The van der Waals surface area contributed by atoms with Gasteiger partial charge in [-0.15, -0.1) is 0 Å². The molecule has 2 aromatic heterocycles. The zero-order valence-corrected chi connectivity index (χ0v) is 14.6. The summed E-state index contributed by atoms with van der Waals surface area (Å²) >= 11 is 0. The van der Waals surface area contributed by atoms with E-state index in [2.05, 4.69) is 15.5 Å². The van der Waals surface area contributed by atoms with Crippen LogP contribution in [0.5, 0.6) is 0 Å². The van der Waals surface area contributed by atoms with Crippen LogP contribution in [-0.4, -0.2) is 27.2 Å². The number of nitrogens with one attached hydrogen (secondary N) is 1. The van der Waals surface area contributed by atoms with Crippen LogP contribution < -0.4 is 5.32 Å². The van der Waals surface area contributed by atoms with Gasteiger partial charge >= 0.3 is 0 Å². The fraction of sp³-hybridized carbons (Fsp3) is 0.389. The van der Waals surface area contributed by atoms with Gasteiger partial charge in [-0.2, -0.15) is 0 Å². The van der Waals surface area contributed by atoms with Crippen LogP contribution >= 0.6 is 0 Å². The Hall–Kier alpha value is -2.70. The Morgan fingerprint density at radius 2 is 2.12 bits per heavy atom. The second-order valence-corrected chi connectivity index (χ2v) is 6.10. The van der Waals surface area contributed by atoms with Crippen LogP contribution in [-0.2, 0) is 24.7 Å². The molecule has 1 amide bonds. The number of aromatic nitrogens is 3. The van der Waals surface area contributed by atoms with Crippen LogP contribution in [0.2, 0.25) is 0 Å². The minimum absolute atomic E-state index is 0.0371. The maximum absolute atomic E-state index is 13.8. The van der Waals surface area contributed by atoms with Crippen LogP contribution in [0.25, 0.3) is 11.0 Å². The predicted molar refractivity (Wildman–Crippen MR) is 91.7 cm³/mol. The van der Waals surface area contributed by atoms with Gasteiger partial charge in [0.2, 0.25) is 5.91 Å². The molecule has 7 heteroatoms. The second-order valence-electron chi connectivity index (χ2n) is 6.10. The number of carbonyl (C=O) groups is 1. The molecule has 0 fully saturated rings. The van der Waals surface area contributed by atoms with E-state index in [1.807, 2.05) is 31.5 Å². The number of carbonyl (C=O) groups excluding carboxylic acids is 1. The van der Waals surface area contributed by atoms with Crippen molar-refractivity contribution < 1.29 is 13.7 Å². The lowest BCUT2D eigenvalue weighted by atomic mass is 10.1. The summed E-state index contributed by atoms with van der Waals surface area (Å²) in [6, 6.07) is 4.90. The van der Waals surface area contributed by atoms with Crippen LogP contribution in [0.4, 0.5) is 4.39 Å². The van der Waals surface area contributed by atoms with E-state index in [1.165, 1.54) is 6.07 Å². The van der Waals surface area contributed by atoms with Crippen molar-refractivity contribution in [3.63, 3.8) is 0 Å². The van der Waals surface area contributed by atoms with Gasteiger partial charge in [0, 0.05) is 32.0 Å². The maximum Gasteiger partial charge on any atom is 0.220 e. The first-order valence-electron chi connectivity index (χ1n) is 8.25. The van der Waals surface area contributed by atoms with Crippen molar-refractivity contribution in [1.82, 2.24) is 20.0 Å². The Morgan fingerprint density at radius 3 is 2.80 bits per heavy atom. The molecule has 0 atom stereocenters. The highest BCUT2D eigenvalue weighted by Gasteiger charge is 2.13. The van der Waals surface area contributed by atoms with Crippen molar-refractivity contribution in [3.05, 3.63) is 46.9 Å². The van der Waals surface area contributed by atoms with Crippen molar-refractivity contribution >= 4 is 16.9 Å². The quantitative estimate of drug-likeness (QED) is 0.746. The monoisotopic (exact) mass is 344 g/mol. The Bertz CT molecular complexity index is 894. The van der Waals surface area contributed by atoms with Crippen molar-refractivity contribution in [1.29, 1.82) is 0 Å². The zero-order valence-electron chi connectivity index (χ0n) is 14.6. The third-order valence-electron chi connectivity index (χ3n) is 4.41. The van der Waals surface area contributed by atoms with E-state index in [0.29, 0.717) is 31.3 Å². The fourth-order valence-corrected chi connectivity index (χ4v) is 2.95. The molecule has 0 unspecified atom stereocenters. The third-order valence-corrected chi connectivity index (χ3v) is 4.41. The minimum atomic E-state index is -0.331. The second kappa shape index (κ2) is 7.04. The van der Waals surface area contributed by atoms with E-state index in [4.69, 9.17) is 4.52 Å². The molecule has 1 N–H and O–H groups in total. The summed E-state index contributed by atoms with van der Waals surface area (Å²) in [6.07, 6.45) is 1.52. The normalized spacial score (nSPS) is 11.2. The van der Waals surface area contributed by atoms with E-state index in [1.54, 1.807) is 6.07 Å². The van der Waals surface area contributed by atoms with Gasteiger partial charge in [-0.1, -0.05) is 11.2 Å². The highest BCUT2D eigenvalue weighted by atomic mass is 19.1. The Kier molecular flexibility index (Phi) is 4.83. The molecule has 0 saturated carbocycles. The number of aryl methyl sites for hydroxylation is 3. The molecule has 0 bridgehead atoms. The van der Waals surface area contributed by atoms with Crippen molar-refractivity contribution in [2.24, 2.45) is 7.05 Å². The van der Waals surface area contributed by atoms with Gasteiger partial charge in [0.15, 0.2) is 5.82 Å². The summed E-state index contributed by atoms with van der Waals surface area (Å²) in [5.74, 6) is 1.13. The summed E-state index contributed by atoms with van der Waals surface area (Å²) in [5, 5.41) is 6.77. The number of halogens is 1. The molecule has 0 saturated heterocycles. The average Bonchev–Trinajstić information content (AvgIpc) is 3.07. The van der Waals surface area contributed by atoms with E-state index in [9.17, 15) is 9.18 Å². The number of imidazole rings is 1. The highest BCUT2D eigenvalue weighted by Crippen LogP contribution is 2.18. The summed E-state index contributed by atoms with van der Waals surface area (Å²) in [5.41, 5.74) is 2.93. The van der Waals surface area contributed by atoms with Crippen molar-refractivity contribution in [3.8, 4) is 0 Å². The lowest BCUT2D eigenvalue weighted by molar-refractivity contribution is -0.121. The number of rotatable bonds is 6. The molecular formula is C18H21FN4O2. The summed E-state index contributed by atoms with van der Waals surface area (Å²) in [6.45, 7) is 4.17. The van der Waals surface area contributed by atoms with Gasteiger partial charge in [-0.25, -0.2) is 9.37 Å². The van der Waals surface area contributed by atoms with Gasteiger partial charge in [0.25, 0.3) is 0 Å². The zero-order chi connectivity index (χ0) is 18.0. The summed E-state index contributed by atoms with van der Waals surface area (Å²) in [4.78, 5) is 16.3. The molecule has 0 radical (unpaired) electrons. The largest absolute Gasteiger partial charge is 0.361 e. The van der Waals surface area contributed by atoms with E-state index < -0.39 is 0 Å². The minimum Gasteiger partial charge on any atom is -0.361 e. The number of fused-ring (bicyclic) bond motifs is 1. The molecule has 3 rings (SSSR count). The molecule has 6 nitrogen and oxygen atoms in total. The summed E-state index contributed by atoms with van der Waals surface area (Å²) < 4.78 is 20.7. The molecule has 0 aliphatic heterocycles. The molecule has 0 aliphatic carbocycles. The number of para-hydroxylation sites is 1. The SMILES string of the molecule is Cc1noc(C)c1CCC(=O)NCCc1nc2c(F)cccc2n1C. The van der Waals surface area contributed by atoms with Crippen LogP contribution in [0.15, 0.2) is 22.7 Å². The van der Waals surface area contributed by atoms with Gasteiger partial charge in [-0.3, -0.25) is 4.79 Å². The topological polar surface area (TPSA) is 73.0 Å². The first-order chi connectivity index (χ1) is 12.0. The van der Waals surface area contributed by atoms with E-state index >= 15 is 0 Å². The van der Waals surface area contributed by atoms with Gasteiger partial charge in [0.1, 0.15) is 17.1 Å². The van der Waals surface area contributed by atoms with Crippen LogP contribution in [0.3, 0.4) is 0 Å². The number of nitrogens with zero attached hydrogens (tertiary/aromatic N) is 3. The average molecular weight is 344 g/mol. The molecule has 25 heavy (non-hydrogen) atoms. The first kappa shape index (κ1) is 17.1. The molecule has 2 heterocycles. The fourth-order valence-electron chi connectivity index (χ4n) is 2.95. The lowest BCUT2D eigenvalue weighted by Crippen LogP contribution is -2.26. The standard InChI is InChI=1S/C18H21FN4O2/c1-11-13(12(2)25-22-11)7-8-17(24)20-10-9-16-21-18-14(19)5-4-6-15(18)23(16)3/h4-6H,7-10H2,1-3H3,(H,20,24). The highest BCUT2D eigenvalue weighted by molar-refractivity contribution is 5.77. The molecule has 3 aromatic rings. The molecular weight excluding hydrogens is 323 g/mol. The third kappa shape index (κ3) is 3.55. The summed E-state index contributed by atoms with van der Waals surface area (Å²) in [7, 11) is 1.85. The first-order valence-corrected chi connectivity index (χ1v) is 8.25. The maximum atomic E-state index is 13.8. The Labute approximate surface area is 145 Å². The van der Waals surface area contributed by atoms with Crippen LogP contribution in [0.1, 0.15) is 29.3 Å². The molecule has 0 spiro atoms. The predicted octanol–water partition coefficient (Wildman–Crippen LogP) is 2.61. The van der Waals surface area contributed by atoms with Gasteiger partial charge in [0.05, 0.1) is 11.2 Å². The van der Waals surface area contributed by atoms with E-state index in [-0.39, 0.29) is 11.7 Å². The van der Waals surface area contributed by atoms with Crippen molar-refractivity contribution in [2.45, 2.75) is 33.1 Å². The number of hydrogen-bond acceptors (Lipinski definition) is 4. The van der Waals surface area contributed by atoms with Gasteiger partial charge in [-0.05, 0) is 32.4 Å². The molecule has 1 aromatic carbocycles. The molecule has 132 valence electrons. The number of hydrogen-bond donors (Lipinski definition) is 1. The van der Waals surface area contributed by atoms with Gasteiger partial charge < -0.3 is 14.4 Å². The smallest absolute Gasteiger partial charge is 0.220 e. The lowest BCUT2D eigenvalue weighted by Gasteiger charge is -2.06. The van der Waals surface area contributed by atoms with Crippen molar-refractivity contribution in [2.75, 3.05) is 6.54 Å². The number of benzene rings is 1. The number of amides is 1.